The molecule has 0 aliphatic carbocycles. The Labute approximate surface area is 139 Å². The van der Waals surface area contributed by atoms with E-state index >= 15 is 0 Å². The number of benzene rings is 2. The highest BCUT2D eigenvalue weighted by molar-refractivity contribution is 9.07. The maximum absolute atomic E-state index is 10.8. The Morgan fingerprint density at radius 2 is 1.14 bits per heavy atom. The third-order valence-electron chi connectivity index (χ3n) is 3.34. The minimum atomic E-state index is -3.29. The summed E-state index contributed by atoms with van der Waals surface area (Å²) in [5.74, 6) is 0. The molecule has 3 aromatic rings. The van der Waals surface area contributed by atoms with Crippen molar-refractivity contribution in [3.05, 3.63) is 65.6 Å². The quantitative estimate of drug-likeness (QED) is 0.513. The minimum Gasteiger partial charge on any atom is -0.331 e. The normalized spacial score (nSPS) is 12.0. The summed E-state index contributed by atoms with van der Waals surface area (Å²) < 4.78 is 10.3. The number of rotatable bonds is 2. The van der Waals surface area contributed by atoms with Gasteiger partial charge < -0.3 is 4.89 Å². The van der Waals surface area contributed by atoms with Crippen molar-refractivity contribution in [3.8, 4) is 0 Å². The standard InChI is InChI=1S/C15H11Br2O3P/c16-19-21(18,20-17)15-13-7-3-1-5-11(13)9-10-12-6-2-4-8-14(12)15/h1-10,18H. The molecule has 3 aromatic carbocycles. The lowest BCUT2D eigenvalue weighted by Crippen LogP contribution is -1.83. The number of hydrogen-bond acceptors (Lipinski definition) is 3. The third kappa shape index (κ3) is 2.70. The first-order chi connectivity index (χ1) is 10.2. The third-order valence-corrected chi connectivity index (χ3v) is 7.12. The van der Waals surface area contributed by atoms with E-state index in [0.717, 1.165) is 21.5 Å². The summed E-state index contributed by atoms with van der Waals surface area (Å²) in [4.78, 5) is 11.4. The zero-order chi connectivity index (χ0) is 14.9. The van der Waals surface area contributed by atoms with Gasteiger partial charge in [0.15, 0.2) is 0 Å². The minimum absolute atomic E-state index is 0.632. The van der Waals surface area contributed by atoms with Crippen LogP contribution in [0.2, 0.25) is 0 Å². The van der Waals surface area contributed by atoms with E-state index < -0.39 is 7.57 Å². The maximum Gasteiger partial charge on any atom is 0.286 e. The van der Waals surface area contributed by atoms with E-state index in [1.54, 1.807) is 0 Å². The molecule has 1 N–H and O–H groups in total. The fourth-order valence-electron chi connectivity index (χ4n) is 2.42. The summed E-state index contributed by atoms with van der Waals surface area (Å²) in [5.41, 5.74) is 0. The van der Waals surface area contributed by atoms with Crippen LogP contribution in [0.1, 0.15) is 0 Å². The first-order valence-corrected chi connectivity index (χ1v) is 9.04. The van der Waals surface area contributed by atoms with Gasteiger partial charge in [0.1, 0.15) is 32.5 Å². The topological polar surface area (TPSA) is 38.7 Å². The molecule has 0 saturated heterocycles. The number of hydrogen-bond donors (Lipinski definition) is 1. The van der Waals surface area contributed by atoms with E-state index in [1.165, 1.54) is 0 Å². The number of fused-ring (bicyclic) bond motifs is 2. The van der Waals surface area contributed by atoms with Crippen LogP contribution < -0.4 is 0 Å². The van der Waals surface area contributed by atoms with Gasteiger partial charge in [-0.3, -0.25) is 0 Å². The van der Waals surface area contributed by atoms with Crippen LogP contribution in [0.4, 0.5) is 0 Å². The molecule has 108 valence electrons. The van der Waals surface area contributed by atoms with Crippen LogP contribution in [0.25, 0.3) is 21.5 Å². The molecular formula is C15H11Br2O3P. The lowest BCUT2D eigenvalue weighted by Gasteiger charge is -2.12. The van der Waals surface area contributed by atoms with E-state index in [0.29, 0.717) is 4.94 Å². The molecule has 0 spiro atoms. The second-order valence-corrected chi connectivity index (χ2v) is 8.02. The zero-order valence-corrected chi connectivity index (χ0v) is 14.8. The van der Waals surface area contributed by atoms with Gasteiger partial charge in [0.05, 0.1) is 4.94 Å². The van der Waals surface area contributed by atoms with Crippen LogP contribution >= 0.6 is 40.1 Å². The highest BCUT2D eigenvalue weighted by atomic mass is 79.9. The highest BCUT2D eigenvalue weighted by Gasteiger charge is 2.19. The predicted molar refractivity (Wildman–Crippen MR) is 93.9 cm³/mol. The van der Waals surface area contributed by atoms with Crippen LogP contribution in [0, 0.1) is 4.94 Å². The first kappa shape index (κ1) is 15.2. The van der Waals surface area contributed by atoms with Crippen LogP contribution in [0.15, 0.2) is 60.7 Å². The predicted octanol–water partition coefficient (Wildman–Crippen LogP) is 5.93. The molecule has 0 radical (unpaired) electrons. The van der Waals surface area contributed by atoms with Gasteiger partial charge in [-0.15, -0.1) is 0 Å². The smallest absolute Gasteiger partial charge is 0.286 e. The van der Waals surface area contributed by atoms with Crippen molar-refractivity contribution >= 4 is 61.6 Å². The average molecular weight is 430 g/mol. The summed E-state index contributed by atoms with van der Waals surface area (Å²) in [7, 11) is -3.29. The second-order valence-electron chi connectivity index (χ2n) is 4.51. The summed E-state index contributed by atoms with van der Waals surface area (Å²) in [5, 5.41) is 3.76. The van der Waals surface area contributed by atoms with Gasteiger partial charge in [0.2, 0.25) is 0 Å². The Bertz CT molecular complexity index is 842. The molecule has 0 heterocycles. The molecule has 0 aromatic heterocycles. The van der Waals surface area contributed by atoms with Crippen LogP contribution in [-0.2, 0) is 7.23 Å². The Morgan fingerprint density at radius 3 is 1.57 bits per heavy atom. The molecule has 0 aliphatic rings. The lowest BCUT2D eigenvalue weighted by atomic mass is 10.1. The van der Waals surface area contributed by atoms with Crippen LogP contribution in [0.3, 0.4) is 0 Å². The fourth-order valence-corrected chi connectivity index (χ4v) is 5.30. The number of halogens is 2. The molecule has 3 nitrogen and oxygen atoms in total. The molecular weight excluding hydrogens is 419 g/mol. The molecule has 0 atom stereocenters. The van der Waals surface area contributed by atoms with Crippen molar-refractivity contribution in [3.63, 3.8) is 0 Å². The van der Waals surface area contributed by atoms with E-state index in [1.807, 2.05) is 60.7 Å². The van der Waals surface area contributed by atoms with Crippen LogP contribution in [-0.4, -0.2) is 4.89 Å². The molecule has 21 heavy (non-hydrogen) atoms. The van der Waals surface area contributed by atoms with Gasteiger partial charge in [-0.05, 0) is 21.5 Å². The Kier molecular flexibility index (Phi) is 4.50. The lowest BCUT2D eigenvalue weighted by molar-refractivity contribution is 0.433. The molecule has 0 amide bonds. The van der Waals surface area contributed by atoms with Crippen molar-refractivity contribution < 1.29 is 12.1 Å². The second kappa shape index (κ2) is 6.21. The van der Waals surface area contributed by atoms with Crippen molar-refractivity contribution in [2.75, 3.05) is 0 Å². The van der Waals surface area contributed by atoms with Crippen molar-refractivity contribution in [1.29, 1.82) is 0 Å². The SMILES string of the molecule is OP(OBr)(OBr)=c1c2ccccc2ccc2ccccc12. The van der Waals surface area contributed by atoms with Gasteiger partial charge in [0.25, 0.3) is 7.57 Å². The highest BCUT2D eigenvalue weighted by Crippen LogP contribution is 2.54. The van der Waals surface area contributed by atoms with Gasteiger partial charge in [-0.25, -0.2) is 7.23 Å². The molecule has 3 rings (SSSR count). The van der Waals surface area contributed by atoms with Crippen LogP contribution in [0.5, 0.6) is 0 Å². The summed E-state index contributed by atoms with van der Waals surface area (Å²) in [6.45, 7) is 0. The zero-order valence-electron chi connectivity index (χ0n) is 10.7. The average Bonchev–Trinajstić information content (AvgIpc) is 2.71. The summed E-state index contributed by atoms with van der Waals surface area (Å²) in [6, 6.07) is 19.7. The van der Waals surface area contributed by atoms with Gasteiger partial charge in [-0.2, -0.15) is 0 Å². The van der Waals surface area contributed by atoms with Gasteiger partial charge in [-0.1, -0.05) is 60.7 Å². The largest absolute Gasteiger partial charge is 0.331 e. The molecule has 6 heteroatoms. The van der Waals surface area contributed by atoms with Crippen molar-refractivity contribution in [2.45, 2.75) is 0 Å². The molecule has 0 fully saturated rings. The Balaban J connectivity index is 2.79. The van der Waals surface area contributed by atoms with E-state index in [2.05, 4.69) is 32.5 Å². The monoisotopic (exact) mass is 428 g/mol. The van der Waals surface area contributed by atoms with Gasteiger partial charge in [0, 0.05) is 0 Å². The Hall–Kier alpha value is -0.680. The summed E-state index contributed by atoms with van der Waals surface area (Å²) in [6.07, 6.45) is 0. The maximum atomic E-state index is 10.8. The fraction of sp³-hybridized carbons (Fsp3) is 0. The summed E-state index contributed by atoms with van der Waals surface area (Å²) >= 11 is 5.80. The van der Waals surface area contributed by atoms with E-state index in [9.17, 15) is 4.89 Å². The molecule has 0 bridgehead atoms. The Morgan fingerprint density at radius 1 is 0.714 bits per heavy atom. The molecule has 0 unspecified atom stereocenters. The van der Waals surface area contributed by atoms with Crippen molar-refractivity contribution in [1.82, 2.24) is 0 Å². The first-order valence-electron chi connectivity index (χ1n) is 6.16. The van der Waals surface area contributed by atoms with Gasteiger partial charge >= 0.3 is 0 Å². The molecule has 0 aliphatic heterocycles. The molecule has 0 saturated carbocycles. The van der Waals surface area contributed by atoms with E-state index in [-0.39, 0.29) is 0 Å². The van der Waals surface area contributed by atoms with Crippen molar-refractivity contribution in [2.24, 2.45) is 0 Å². The van der Waals surface area contributed by atoms with E-state index in [4.69, 9.17) is 7.23 Å².